The monoisotopic (exact) mass is 157 g/mol. The first kappa shape index (κ1) is 23.5. The largest absolute Gasteiger partial charge is 3.00 e. The van der Waals surface area contributed by atoms with Crippen LogP contribution in [0.2, 0.25) is 0 Å². The molecule has 48 valence electrons. The third kappa shape index (κ3) is 642. The Morgan fingerprint density at radius 3 is 1.12 bits per heavy atom. The molecule has 8 heteroatoms. The van der Waals surface area contributed by atoms with Gasteiger partial charge in [-0.2, -0.15) is 7.82 Å². The minimum absolute atomic E-state index is 0. The number of hydrogen-bond donors (Lipinski definition) is 1. The summed E-state index contributed by atoms with van der Waals surface area (Å²) < 4.78 is 8.55. The van der Waals surface area contributed by atoms with Gasteiger partial charge in [0.15, 0.2) is 0 Å². The average molecular weight is 157 g/mol. The van der Waals surface area contributed by atoms with Crippen LogP contribution in [0.25, 0.3) is 0 Å². The summed E-state index contributed by atoms with van der Waals surface area (Å²) in [4.78, 5) is 25.6. The molecule has 0 aromatic carbocycles. The Morgan fingerprint density at radius 1 is 1.12 bits per heavy atom. The molecule has 0 aliphatic heterocycles. The van der Waals surface area contributed by atoms with E-state index in [1.54, 1.807) is 0 Å². The summed E-state index contributed by atoms with van der Waals surface area (Å²) in [6, 6.07) is 0. The Hall–Kier alpha value is 0.562. The van der Waals surface area contributed by atoms with Gasteiger partial charge in [0, 0.05) is 0 Å². The second-order valence-electron chi connectivity index (χ2n) is 0.447. The maximum absolute atomic E-state index is 8.55. The average Bonchev–Trinajstić information content (AvgIpc) is 0.722. The Kier molecular flexibility index (Phi) is 22.2. The van der Waals surface area contributed by atoms with Gasteiger partial charge in [-0.25, -0.2) is 0 Å². The van der Waals surface area contributed by atoms with Crippen LogP contribution in [0.15, 0.2) is 0 Å². The molecule has 0 aliphatic rings. The van der Waals surface area contributed by atoms with E-state index >= 15 is 0 Å². The van der Waals surface area contributed by atoms with Crippen molar-refractivity contribution in [1.29, 1.82) is 0 Å². The standard InChI is InChI=1S/Al.H3N.H3O4P.H2O/c;;1-5(2,3)4;/h;1H3;(H3,1,2,3,4);1H2/q+3;;;/p-3. The van der Waals surface area contributed by atoms with Gasteiger partial charge >= 0.3 is 17.4 Å². The molecule has 0 amide bonds. The van der Waals surface area contributed by atoms with Gasteiger partial charge in [-0.1, -0.05) is 0 Å². The van der Waals surface area contributed by atoms with Crippen LogP contribution in [0.1, 0.15) is 0 Å². The third-order valence-corrected chi connectivity index (χ3v) is 0. The summed E-state index contributed by atoms with van der Waals surface area (Å²) in [5.74, 6) is 0. The molecule has 0 spiro atoms. The van der Waals surface area contributed by atoms with Crippen molar-refractivity contribution in [2.24, 2.45) is 0 Å². The van der Waals surface area contributed by atoms with Crippen molar-refractivity contribution < 1.29 is 24.7 Å². The Balaban J connectivity index is -0.0000000267. The Labute approximate surface area is 56.8 Å². The molecule has 0 fully saturated rings. The van der Waals surface area contributed by atoms with Crippen LogP contribution in [0.4, 0.5) is 0 Å². The maximum Gasteiger partial charge on any atom is 3.00 e. The first-order valence-corrected chi connectivity index (χ1v) is 2.19. The molecule has 0 saturated heterocycles. The van der Waals surface area contributed by atoms with Crippen LogP contribution in [-0.2, 0) is 4.57 Å². The molecule has 0 aliphatic carbocycles. The predicted molar refractivity (Wildman–Crippen MR) is 22.0 cm³/mol. The zero-order valence-electron chi connectivity index (χ0n) is 3.86. The number of hydrogen-bond acceptors (Lipinski definition) is 5. The van der Waals surface area contributed by atoms with Crippen LogP contribution in [-0.4, -0.2) is 22.8 Å². The molecule has 0 radical (unpaired) electrons. The molecule has 0 rings (SSSR count). The molecule has 0 bridgehead atoms. The molecular formula is H5AlNO5P. The molecule has 0 aromatic heterocycles. The van der Waals surface area contributed by atoms with Crippen molar-refractivity contribution in [3.05, 3.63) is 0 Å². The molecule has 0 saturated carbocycles. The topological polar surface area (TPSA) is 153 Å². The number of rotatable bonds is 0. The van der Waals surface area contributed by atoms with E-state index in [4.69, 9.17) is 19.2 Å². The van der Waals surface area contributed by atoms with Crippen LogP contribution >= 0.6 is 7.82 Å². The second kappa shape index (κ2) is 7.56. The maximum atomic E-state index is 8.55. The normalized spacial score (nSPS) is 7.38. The second-order valence-corrected chi connectivity index (χ2v) is 1.34. The summed E-state index contributed by atoms with van der Waals surface area (Å²) in [7, 11) is -5.39. The molecule has 0 unspecified atom stereocenters. The van der Waals surface area contributed by atoms with E-state index in [1.807, 2.05) is 0 Å². The molecule has 5 N–H and O–H groups in total. The van der Waals surface area contributed by atoms with E-state index in [0.717, 1.165) is 0 Å². The predicted octanol–water partition coefficient (Wildman–Crippen LogP) is -3.87. The summed E-state index contributed by atoms with van der Waals surface area (Å²) in [6.45, 7) is 0. The third-order valence-electron chi connectivity index (χ3n) is 0. The van der Waals surface area contributed by atoms with Gasteiger partial charge in [-0.15, -0.1) is 0 Å². The number of phosphoric acid groups is 1. The first-order chi connectivity index (χ1) is 2.00. The van der Waals surface area contributed by atoms with Crippen molar-refractivity contribution in [3.8, 4) is 0 Å². The zero-order chi connectivity index (χ0) is 4.50. The zero-order valence-corrected chi connectivity index (χ0v) is 5.91. The molecular weight excluding hydrogens is 152 g/mol. The van der Waals surface area contributed by atoms with Crippen LogP contribution in [0.3, 0.4) is 0 Å². The summed E-state index contributed by atoms with van der Waals surface area (Å²) >= 11 is 0. The van der Waals surface area contributed by atoms with E-state index in [2.05, 4.69) is 0 Å². The SMILES string of the molecule is N.O.O=P([O-])([O-])[O-].[Al+3]. The molecule has 0 heterocycles. The first-order valence-electron chi connectivity index (χ1n) is 0.730. The Morgan fingerprint density at radius 2 is 1.12 bits per heavy atom. The minimum atomic E-state index is -5.39. The van der Waals surface area contributed by atoms with Crippen LogP contribution in [0.5, 0.6) is 0 Å². The van der Waals surface area contributed by atoms with Gasteiger partial charge in [0.25, 0.3) is 0 Å². The van der Waals surface area contributed by atoms with Gasteiger partial charge in [-0.05, 0) is 0 Å². The van der Waals surface area contributed by atoms with Crippen LogP contribution < -0.4 is 20.8 Å². The van der Waals surface area contributed by atoms with Crippen molar-refractivity contribution in [3.63, 3.8) is 0 Å². The van der Waals surface area contributed by atoms with E-state index in [9.17, 15) is 0 Å². The van der Waals surface area contributed by atoms with Crippen molar-refractivity contribution >= 4 is 25.2 Å². The van der Waals surface area contributed by atoms with E-state index in [1.165, 1.54) is 0 Å². The van der Waals surface area contributed by atoms with Crippen LogP contribution in [0, 0.1) is 0 Å². The Bertz CT molecular complexity index is 58.6. The smallest absolute Gasteiger partial charge is 0.822 e. The minimum Gasteiger partial charge on any atom is -0.822 e. The van der Waals surface area contributed by atoms with Crippen molar-refractivity contribution in [1.82, 2.24) is 6.15 Å². The molecule has 0 aromatic rings. The molecule has 0 atom stereocenters. The summed E-state index contributed by atoms with van der Waals surface area (Å²) in [6.07, 6.45) is 0. The van der Waals surface area contributed by atoms with Gasteiger partial charge in [0.05, 0.1) is 0 Å². The quantitative estimate of drug-likeness (QED) is 0.281. The van der Waals surface area contributed by atoms with Gasteiger partial charge in [-0.3, -0.25) is 0 Å². The van der Waals surface area contributed by atoms with Gasteiger partial charge < -0.3 is 30.9 Å². The van der Waals surface area contributed by atoms with Gasteiger partial charge in [0.1, 0.15) is 0 Å². The van der Waals surface area contributed by atoms with E-state index in [0.29, 0.717) is 0 Å². The molecule has 6 nitrogen and oxygen atoms in total. The van der Waals surface area contributed by atoms with Crippen molar-refractivity contribution in [2.45, 2.75) is 0 Å². The fourth-order valence-electron chi connectivity index (χ4n) is 0. The van der Waals surface area contributed by atoms with Gasteiger partial charge in [0.2, 0.25) is 0 Å². The fourth-order valence-corrected chi connectivity index (χ4v) is 0. The van der Waals surface area contributed by atoms with E-state index < -0.39 is 7.82 Å². The fraction of sp³-hybridized carbons (Fsp3) is 0. The van der Waals surface area contributed by atoms with E-state index in [-0.39, 0.29) is 29.0 Å². The summed E-state index contributed by atoms with van der Waals surface area (Å²) in [5.41, 5.74) is 0. The summed E-state index contributed by atoms with van der Waals surface area (Å²) in [5, 5.41) is 0. The molecule has 8 heavy (non-hydrogen) atoms. The van der Waals surface area contributed by atoms with Crippen molar-refractivity contribution in [2.75, 3.05) is 0 Å².